The number of carbonyl (C=O) groups excluding carboxylic acids is 1. The molecule has 11 nitrogen and oxygen atoms in total. The van der Waals surface area contributed by atoms with Crippen molar-refractivity contribution in [3.8, 4) is 11.3 Å². The minimum atomic E-state index is -3.51. The quantitative estimate of drug-likeness (QED) is 0.235. The summed E-state index contributed by atoms with van der Waals surface area (Å²) in [5.41, 5.74) is 3.93. The molecular formula is C29H32N8O3S. The highest BCUT2D eigenvalue weighted by Crippen LogP contribution is 2.33. The van der Waals surface area contributed by atoms with Gasteiger partial charge in [0, 0.05) is 41.0 Å². The molecule has 41 heavy (non-hydrogen) atoms. The van der Waals surface area contributed by atoms with Gasteiger partial charge in [0.25, 0.3) is 0 Å². The molecule has 3 aromatic heterocycles. The Kier molecular flexibility index (Phi) is 7.86. The Labute approximate surface area is 238 Å². The average Bonchev–Trinajstić information content (AvgIpc) is 3.54. The maximum absolute atomic E-state index is 12.8. The monoisotopic (exact) mass is 572 g/mol. The smallest absolute Gasteiger partial charge is 0.248 e. The van der Waals surface area contributed by atoms with Gasteiger partial charge in [-0.25, -0.2) is 22.4 Å². The van der Waals surface area contributed by atoms with Gasteiger partial charge in [0.1, 0.15) is 0 Å². The van der Waals surface area contributed by atoms with E-state index >= 15 is 0 Å². The lowest BCUT2D eigenvalue weighted by atomic mass is 10.1. The van der Waals surface area contributed by atoms with E-state index in [-0.39, 0.29) is 11.7 Å². The standard InChI is InChI=1S/C29H32N8O3S/c1-5-9-27(38)33-25-17-21(16-20-18-31-36(28(20)25)15-14-35(3)4)32-29-30-13-12-24(34-29)23-19-37(41(39,40)6-2)26-11-8-7-10-22(23)26/h5,7-13,16-19H,6,14-15H2,1-4H3,(H,33,38)(H,30,32,34)/b9-5+. The molecule has 1 amide bonds. The third-order valence-electron chi connectivity index (χ3n) is 6.60. The van der Waals surface area contributed by atoms with Gasteiger partial charge in [-0.05, 0) is 58.3 Å². The van der Waals surface area contributed by atoms with Gasteiger partial charge >= 0.3 is 0 Å². The van der Waals surface area contributed by atoms with Crippen LogP contribution in [-0.4, -0.2) is 69.3 Å². The molecule has 212 valence electrons. The SMILES string of the molecule is C/C=C/C(=O)Nc1cc(Nc2nccc(-c3cn(S(=O)(=O)CC)c4ccccc34)n2)cc2cnn(CCN(C)C)c12. The zero-order valence-electron chi connectivity index (χ0n) is 23.4. The molecule has 0 radical (unpaired) electrons. The molecule has 12 heteroatoms. The first-order valence-electron chi connectivity index (χ1n) is 13.2. The summed E-state index contributed by atoms with van der Waals surface area (Å²) in [4.78, 5) is 23.7. The largest absolute Gasteiger partial charge is 0.324 e. The van der Waals surface area contributed by atoms with Gasteiger partial charge < -0.3 is 15.5 Å². The summed E-state index contributed by atoms with van der Waals surface area (Å²) < 4.78 is 28.7. The second-order valence-electron chi connectivity index (χ2n) is 9.77. The molecule has 0 aliphatic heterocycles. The molecular weight excluding hydrogens is 540 g/mol. The summed E-state index contributed by atoms with van der Waals surface area (Å²) in [6.45, 7) is 4.85. The van der Waals surface area contributed by atoms with E-state index in [9.17, 15) is 13.2 Å². The van der Waals surface area contributed by atoms with Gasteiger partial charge in [-0.15, -0.1) is 0 Å². The van der Waals surface area contributed by atoms with E-state index in [0.717, 1.165) is 22.8 Å². The maximum atomic E-state index is 12.8. The highest BCUT2D eigenvalue weighted by atomic mass is 32.2. The number of likely N-dealkylation sites (N-methyl/N-ethyl adjacent to an activating group) is 1. The van der Waals surface area contributed by atoms with Crippen LogP contribution in [0.25, 0.3) is 33.1 Å². The van der Waals surface area contributed by atoms with Crippen LogP contribution in [0.2, 0.25) is 0 Å². The Bertz CT molecular complexity index is 1870. The zero-order valence-corrected chi connectivity index (χ0v) is 24.2. The van der Waals surface area contributed by atoms with Gasteiger partial charge in [0.2, 0.25) is 21.9 Å². The predicted octanol–water partition coefficient (Wildman–Crippen LogP) is 4.47. The Morgan fingerprint density at radius 3 is 2.71 bits per heavy atom. The highest BCUT2D eigenvalue weighted by Gasteiger charge is 2.19. The van der Waals surface area contributed by atoms with E-state index < -0.39 is 10.0 Å². The summed E-state index contributed by atoms with van der Waals surface area (Å²) in [5, 5.41) is 12.4. The number of hydrogen-bond donors (Lipinski definition) is 2. The number of amides is 1. The average molecular weight is 573 g/mol. The molecule has 0 unspecified atom stereocenters. The summed E-state index contributed by atoms with van der Waals surface area (Å²) in [6, 6.07) is 12.8. The van der Waals surface area contributed by atoms with Crippen molar-refractivity contribution in [1.29, 1.82) is 0 Å². The number of para-hydroxylation sites is 1. The van der Waals surface area contributed by atoms with Crippen LogP contribution >= 0.6 is 0 Å². The molecule has 2 N–H and O–H groups in total. The first kappa shape index (κ1) is 28.0. The number of anilines is 3. The lowest BCUT2D eigenvalue weighted by Gasteiger charge is -2.14. The molecule has 0 aliphatic rings. The molecule has 0 spiro atoms. The zero-order chi connectivity index (χ0) is 29.1. The number of carbonyl (C=O) groups is 1. The van der Waals surface area contributed by atoms with Crippen LogP contribution in [0.1, 0.15) is 13.8 Å². The lowest BCUT2D eigenvalue weighted by molar-refractivity contribution is -0.111. The Morgan fingerprint density at radius 1 is 1.15 bits per heavy atom. The number of aromatic nitrogens is 5. The summed E-state index contributed by atoms with van der Waals surface area (Å²) in [5.74, 6) is 0.0498. The van der Waals surface area contributed by atoms with Crippen LogP contribution < -0.4 is 10.6 Å². The molecule has 0 fully saturated rings. The summed E-state index contributed by atoms with van der Waals surface area (Å²) in [6.07, 6.45) is 8.15. The van der Waals surface area contributed by atoms with Crippen LogP contribution in [0.4, 0.5) is 17.3 Å². The van der Waals surface area contributed by atoms with Gasteiger partial charge in [-0.2, -0.15) is 5.10 Å². The van der Waals surface area contributed by atoms with Crippen molar-refractivity contribution < 1.29 is 13.2 Å². The number of fused-ring (bicyclic) bond motifs is 2. The van der Waals surface area contributed by atoms with E-state index in [0.29, 0.717) is 40.6 Å². The minimum absolute atomic E-state index is 0.0250. The summed E-state index contributed by atoms with van der Waals surface area (Å²) >= 11 is 0. The first-order chi connectivity index (χ1) is 19.7. The predicted molar refractivity (Wildman–Crippen MR) is 163 cm³/mol. The molecule has 0 atom stereocenters. The molecule has 0 saturated carbocycles. The molecule has 0 bridgehead atoms. The second-order valence-corrected chi connectivity index (χ2v) is 11.9. The number of allylic oxidation sites excluding steroid dienone is 1. The lowest BCUT2D eigenvalue weighted by Crippen LogP contribution is -2.19. The van der Waals surface area contributed by atoms with Crippen molar-refractivity contribution in [2.24, 2.45) is 0 Å². The molecule has 3 heterocycles. The fourth-order valence-corrected chi connectivity index (χ4v) is 5.61. The third-order valence-corrected chi connectivity index (χ3v) is 8.23. The van der Waals surface area contributed by atoms with E-state index in [2.05, 4.69) is 25.6 Å². The van der Waals surface area contributed by atoms with Crippen LogP contribution in [0.3, 0.4) is 0 Å². The van der Waals surface area contributed by atoms with Gasteiger partial charge in [0.15, 0.2) is 0 Å². The number of benzene rings is 2. The highest BCUT2D eigenvalue weighted by molar-refractivity contribution is 7.90. The van der Waals surface area contributed by atoms with Crippen molar-refractivity contribution in [3.63, 3.8) is 0 Å². The van der Waals surface area contributed by atoms with Crippen molar-refractivity contribution >= 4 is 55.1 Å². The molecule has 5 rings (SSSR count). The van der Waals surface area contributed by atoms with Crippen molar-refractivity contribution in [3.05, 3.63) is 73.2 Å². The van der Waals surface area contributed by atoms with E-state index in [1.165, 1.54) is 10.0 Å². The van der Waals surface area contributed by atoms with Gasteiger partial charge in [-0.1, -0.05) is 24.3 Å². The van der Waals surface area contributed by atoms with E-state index in [1.54, 1.807) is 50.6 Å². The fraction of sp³-hybridized carbons (Fsp3) is 0.241. The Morgan fingerprint density at radius 2 is 1.95 bits per heavy atom. The molecule has 0 saturated heterocycles. The Hall–Kier alpha value is -4.55. The van der Waals surface area contributed by atoms with Crippen molar-refractivity contribution in [1.82, 2.24) is 28.6 Å². The molecule has 0 aliphatic carbocycles. The van der Waals surface area contributed by atoms with E-state index in [1.807, 2.05) is 49.1 Å². The van der Waals surface area contributed by atoms with Crippen LogP contribution in [0, 0.1) is 0 Å². The normalized spacial score (nSPS) is 12.1. The van der Waals surface area contributed by atoms with Gasteiger partial charge in [0.05, 0.1) is 40.9 Å². The third kappa shape index (κ3) is 5.83. The van der Waals surface area contributed by atoms with E-state index in [4.69, 9.17) is 4.98 Å². The number of nitrogens with one attached hydrogen (secondary N) is 2. The number of nitrogens with zero attached hydrogens (tertiary/aromatic N) is 6. The van der Waals surface area contributed by atoms with Crippen LogP contribution in [0.5, 0.6) is 0 Å². The van der Waals surface area contributed by atoms with Gasteiger partial charge in [-0.3, -0.25) is 9.48 Å². The fourth-order valence-electron chi connectivity index (χ4n) is 4.61. The molecule has 5 aromatic rings. The second kappa shape index (κ2) is 11.5. The minimum Gasteiger partial charge on any atom is -0.324 e. The maximum Gasteiger partial charge on any atom is 0.248 e. The first-order valence-corrected chi connectivity index (χ1v) is 14.8. The van der Waals surface area contributed by atoms with Crippen molar-refractivity contribution in [2.75, 3.05) is 37.0 Å². The molecule has 2 aromatic carbocycles. The topological polar surface area (TPSA) is 127 Å². The Balaban J connectivity index is 1.53. The van der Waals surface area contributed by atoms with Crippen LogP contribution in [0.15, 0.2) is 73.2 Å². The summed E-state index contributed by atoms with van der Waals surface area (Å²) in [7, 11) is 0.484. The van der Waals surface area contributed by atoms with Crippen LogP contribution in [-0.2, 0) is 21.4 Å². The number of rotatable bonds is 10. The van der Waals surface area contributed by atoms with Crippen molar-refractivity contribution in [2.45, 2.75) is 20.4 Å². The number of hydrogen-bond acceptors (Lipinski definition) is 8.